The van der Waals surface area contributed by atoms with Gasteiger partial charge in [0.15, 0.2) is 6.10 Å². The number of nitro benzene ring substituents is 1. The lowest BCUT2D eigenvalue weighted by Crippen LogP contribution is -2.28. The molecule has 182 valence electrons. The molecule has 36 heavy (non-hydrogen) atoms. The molecule has 0 radical (unpaired) electrons. The van der Waals surface area contributed by atoms with Crippen molar-refractivity contribution >= 4 is 23.3 Å². The van der Waals surface area contributed by atoms with Crippen LogP contribution in [0.2, 0.25) is 5.02 Å². The quantitative estimate of drug-likeness (QED) is 0.103. The molecule has 0 aliphatic heterocycles. The maximum Gasteiger partial charge on any atom is 0.352 e. The Kier molecular flexibility index (Phi) is 7.67. The van der Waals surface area contributed by atoms with E-state index in [9.17, 15) is 14.9 Å². The van der Waals surface area contributed by atoms with Gasteiger partial charge >= 0.3 is 5.97 Å². The molecule has 0 fully saturated rings. The Morgan fingerprint density at radius 3 is 1.56 bits per heavy atom. The number of rotatable bonds is 9. The molecular formula is C27H20ClNO7. The highest BCUT2D eigenvalue weighted by Gasteiger charge is 2.17. The van der Waals surface area contributed by atoms with Crippen molar-refractivity contribution in [2.24, 2.45) is 0 Å². The van der Waals surface area contributed by atoms with Gasteiger partial charge in [0.05, 0.1) is 4.92 Å². The molecule has 0 saturated heterocycles. The van der Waals surface area contributed by atoms with E-state index in [0.717, 1.165) is 0 Å². The number of ether oxygens (including phenoxy) is 4. The summed E-state index contributed by atoms with van der Waals surface area (Å²) < 4.78 is 22.4. The van der Waals surface area contributed by atoms with Crippen LogP contribution in [0.3, 0.4) is 0 Å². The molecule has 0 spiro atoms. The zero-order valence-corrected chi connectivity index (χ0v) is 19.8. The van der Waals surface area contributed by atoms with Crippen molar-refractivity contribution in [1.82, 2.24) is 0 Å². The summed E-state index contributed by atoms with van der Waals surface area (Å²) in [7, 11) is 0. The molecule has 4 aromatic rings. The normalized spacial score (nSPS) is 11.3. The van der Waals surface area contributed by atoms with Crippen LogP contribution in [-0.2, 0) is 4.79 Å². The van der Waals surface area contributed by atoms with Crippen LogP contribution < -0.4 is 18.9 Å². The number of benzene rings is 4. The fraction of sp³-hybridized carbons (Fsp3) is 0.0741. The molecule has 0 aliphatic rings. The van der Waals surface area contributed by atoms with Crippen molar-refractivity contribution in [2.75, 3.05) is 0 Å². The molecule has 0 heterocycles. The van der Waals surface area contributed by atoms with Crippen molar-refractivity contribution in [3.63, 3.8) is 0 Å². The summed E-state index contributed by atoms with van der Waals surface area (Å²) >= 11 is 5.88. The van der Waals surface area contributed by atoms with Crippen molar-refractivity contribution in [2.45, 2.75) is 13.0 Å². The lowest BCUT2D eigenvalue weighted by atomic mass is 10.3. The average molecular weight is 506 g/mol. The Hall–Kier alpha value is -4.56. The van der Waals surface area contributed by atoms with Crippen LogP contribution >= 0.6 is 11.6 Å². The van der Waals surface area contributed by atoms with Crippen LogP contribution in [0, 0.1) is 10.1 Å². The average Bonchev–Trinajstić information content (AvgIpc) is 2.88. The first-order chi connectivity index (χ1) is 17.4. The second kappa shape index (κ2) is 11.2. The second-order valence-corrected chi connectivity index (χ2v) is 7.97. The number of carbonyl (C=O) groups excluding carboxylic acids is 1. The van der Waals surface area contributed by atoms with E-state index in [1.165, 1.54) is 24.3 Å². The first kappa shape index (κ1) is 24.6. The van der Waals surface area contributed by atoms with Gasteiger partial charge in [0.25, 0.3) is 5.69 Å². The van der Waals surface area contributed by atoms with Crippen molar-refractivity contribution in [3.8, 4) is 34.5 Å². The molecule has 1 atom stereocenters. The Bertz CT molecular complexity index is 1320. The van der Waals surface area contributed by atoms with Gasteiger partial charge in [-0.1, -0.05) is 11.6 Å². The molecule has 9 heteroatoms. The van der Waals surface area contributed by atoms with Gasteiger partial charge in [-0.15, -0.1) is 0 Å². The Morgan fingerprint density at radius 2 is 1.08 bits per heavy atom. The number of non-ortho nitro benzene ring substituents is 1. The maximum absolute atomic E-state index is 12.4. The molecule has 1 unspecified atom stereocenters. The van der Waals surface area contributed by atoms with Crippen LogP contribution in [0.15, 0.2) is 97.1 Å². The van der Waals surface area contributed by atoms with E-state index in [1.807, 2.05) is 0 Å². The molecule has 0 aromatic heterocycles. The highest BCUT2D eigenvalue weighted by molar-refractivity contribution is 6.30. The van der Waals surface area contributed by atoms with Crippen LogP contribution in [0.5, 0.6) is 34.5 Å². The molecule has 0 aliphatic carbocycles. The Morgan fingerprint density at radius 1 is 0.694 bits per heavy atom. The van der Waals surface area contributed by atoms with E-state index >= 15 is 0 Å². The number of nitrogens with zero attached hydrogens (tertiary/aromatic N) is 1. The molecule has 0 bridgehead atoms. The molecular weight excluding hydrogens is 486 g/mol. The number of carbonyl (C=O) groups is 1. The fourth-order valence-electron chi connectivity index (χ4n) is 3.02. The number of esters is 1. The number of hydrogen-bond donors (Lipinski definition) is 0. The van der Waals surface area contributed by atoms with E-state index in [4.69, 9.17) is 30.5 Å². The van der Waals surface area contributed by atoms with Gasteiger partial charge in [0, 0.05) is 17.2 Å². The van der Waals surface area contributed by atoms with E-state index in [1.54, 1.807) is 79.7 Å². The number of nitro groups is 1. The van der Waals surface area contributed by atoms with E-state index in [2.05, 4.69) is 0 Å². The first-order valence-electron chi connectivity index (χ1n) is 10.8. The highest BCUT2D eigenvalue weighted by Crippen LogP contribution is 2.27. The van der Waals surface area contributed by atoms with Gasteiger partial charge in [0.2, 0.25) is 0 Å². The van der Waals surface area contributed by atoms with Crippen molar-refractivity contribution in [3.05, 3.63) is 112 Å². The highest BCUT2D eigenvalue weighted by atomic mass is 35.5. The Balaban J connectivity index is 1.28. The third-order valence-electron chi connectivity index (χ3n) is 4.84. The summed E-state index contributed by atoms with van der Waals surface area (Å²) in [5, 5.41) is 11.4. The van der Waals surface area contributed by atoms with Gasteiger partial charge in [0.1, 0.15) is 34.5 Å². The summed E-state index contributed by atoms with van der Waals surface area (Å²) in [6.45, 7) is 1.59. The summed E-state index contributed by atoms with van der Waals surface area (Å²) in [4.78, 5) is 22.7. The lowest BCUT2D eigenvalue weighted by Gasteiger charge is -2.14. The summed E-state index contributed by atoms with van der Waals surface area (Å²) in [5.74, 6) is 2.41. The minimum atomic E-state index is -0.857. The molecule has 0 N–H and O–H groups in total. The van der Waals surface area contributed by atoms with E-state index in [-0.39, 0.29) is 5.69 Å². The fourth-order valence-corrected chi connectivity index (χ4v) is 3.15. The molecule has 0 amide bonds. The van der Waals surface area contributed by atoms with Gasteiger partial charge in [-0.25, -0.2) is 4.79 Å². The molecule has 0 saturated carbocycles. The number of hydrogen-bond acceptors (Lipinski definition) is 7. The summed E-state index contributed by atoms with van der Waals surface area (Å²) in [5.41, 5.74) is -0.0248. The minimum absolute atomic E-state index is 0.0248. The van der Waals surface area contributed by atoms with Gasteiger partial charge < -0.3 is 18.9 Å². The first-order valence-corrected chi connectivity index (χ1v) is 11.2. The smallest absolute Gasteiger partial charge is 0.352 e. The van der Waals surface area contributed by atoms with Gasteiger partial charge in [-0.2, -0.15) is 0 Å². The van der Waals surface area contributed by atoms with Gasteiger partial charge in [-0.3, -0.25) is 10.1 Å². The van der Waals surface area contributed by atoms with Crippen LogP contribution in [-0.4, -0.2) is 17.0 Å². The van der Waals surface area contributed by atoms with Crippen LogP contribution in [0.4, 0.5) is 5.69 Å². The minimum Gasteiger partial charge on any atom is -0.479 e. The predicted octanol–water partition coefficient (Wildman–Crippen LogP) is 7.21. The second-order valence-electron chi connectivity index (χ2n) is 7.53. The molecule has 4 aromatic carbocycles. The third-order valence-corrected chi connectivity index (χ3v) is 5.10. The zero-order valence-electron chi connectivity index (χ0n) is 19.0. The Labute approximate surface area is 211 Å². The standard InChI is InChI=1S/C27H20ClNO7/c1-18(33-21-10-12-24(13-11-21)34-22-6-2-19(28)3-7-22)27(30)36-26-16-14-25(15-17-26)35-23-8-4-20(5-9-23)29(31)32/h2-18H,1H3. The van der Waals surface area contributed by atoms with Crippen molar-refractivity contribution < 1.29 is 28.7 Å². The van der Waals surface area contributed by atoms with E-state index < -0.39 is 17.0 Å². The largest absolute Gasteiger partial charge is 0.479 e. The van der Waals surface area contributed by atoms with Crippen molar-refractivity contribution in [1.29, 1.82) is 0 Å². The SMILES string of the molecule is CC(Oc1ccc(Oc2ccc(Cl)cc2)cc1)C(=O)Oc1ccc(Oc2ccc([N+](=O)[O-])cc2)cc1. The van der Waals surface area contributed by atoms with Crippen LogP contribution in [0.25, 0.3) is 0 Å². The van der Waals surface area contributed by atoms with Gasteiger partial charge in [-0.05, 0) is 91.9 Å². The maximum atomic E-state index is 12.4. The lowest BCUT2D eigenvalue weighted by molar-refractivity contribution is -0.384. The zero-order chi connectivity index (χ0) is 25.5. The summed E-state index contributed by atoms with van der Waals surface area (Å²) in [6, 6.07) is 26.0. The predicted molar refractivity (Wildman–Crippen MR) is 133 cm³/mol. The summed E-state index contributed by atoms with van der Waals surface area (Å²) in [6.07, 6.45) is -0.857. The molecule has 8 nitrogen and oxygen atoms in total. The monoisotopic (exact) mass is 505 g/mol. The number of halogens is 1. The van der Waals surface area contributed by atoms with Crippen LogP contribution in [0.1, 0.15) is 6.92 Å². The topological polar surface area (TPSA) is 97.1 Å². The third kappa shape index (κ3) is 6.74. The molecule has 4 rings (SSSR count). The van der Waals surface area contributed by atoms with E-state index in [0.29, 0.717) is 39.5 Å².